The Morgan fingerprint density at radius 1 is 1.29 bits per heavy atom. The highest BCUT2D eigenvalue weighted by Gasteiger charge is 2.16. The summed E-state index contributed by atoms with van der Waals surface area (Å²) in [5.41, 5.74) is 1.04. The smallest absolute Gasteiger partial charge is 0.212 e. The van der Waals surface area contributed by atoms with Crippen molar-refractivity contribution >= 4 is 21.4 Å². The SMILES string of the molecule is Cc1cnc(CCNS(=O)(=O)C[C@@H](C)c2ccccc2)s1. The Labute approximate surface area is 130 Å². The summed E-state index contributed by atoms with van der Waals surface area (Å²) in [6.07, 6.45) is 2.45. The molecule has 1 N–H and O–H groups in total. The molecule has 0 aliphatic carbocycles. The molecule has 1 aromatic carbocycles. The van der Waals surface area contributed by atoms with E-state index < -0.39 is 10.0 Å². The van der Waals surface area contributed by atoms with Gasteiger partial charge >= 0.3 is 0 Å². The fourth-order valence-corrected chi connectivity index (χ4v) is 4.26. The Balaban J connectivity index is 1.84. The first-order valence-electron chi connectivity index (χ1n) is 6.90. The molecule has 114 valence electrons. The van der Waals surface area contributed by atoms with E-state index in [2.05, 4.69) is 9.71 Å². The second kappa shape index (κ2) is 7.15. The molecule has 2 rings (SSSR count). The summed E-state index contributed by atoms with van der Waals surface area (Å²) in [7, 11) is -3.27. The highest BCUT2D eigenvalue weighted by Crippen LogP contribution is 2.16. The predicted octanol–water partition coefficient (Wildman–Crippen LogP) is 2.72. The molecule has 0 fully saturated rings. The molecule has 0 unspecified atom stereocenters. The van der Waals surface area contributed by atoms with Crippen molar-refractivity contribution in [3.05, 3.63) is 52.0 Å². The van der Waals surface area contributed by atoms with Crippen molar-refractivity contribution in [3.63, 3.8) is 0 Å². The molecule has 0 saturated heterocycles. The van der Waals surface area contributed by atoms with Crippen molar-refractivity contribution in [1.82, 2.24) is 9.71 Å². The van der Waals surface area contributed by atoms with Crippen LogP contribution in [0.5, 0.6) is 0 Å². The van der Waals surface area contributed by atoms with Crippen LogP contribution in [-0.4, -0.2) is 25.7 Å². The lowest BCUT2D eigenvalue weighted by molar-refractivity contribution is 0.576. The lowest BCUT2D eigenvalue weighted by Crippen LogP contribution is -2.30. The molecule has 0 saturated carbocycles. The molecule has 1 atom stereocenters. The zero-order chi connectivity index (χ0) is 15.3. The maximum atomic E-state index is 12.1. The number of hydrogen-bond donors (Lipinski definition) is 1. The maximum absolute atomic E-state index is 12.1. The van der Waals surface area contributed by atoms with Gasteiger partial charge in [0.25, 0.3) is 0 Å². The van der Waals surface area contributed by atoms with E-state index in [0.717, 1.165) is 15.4 Å². The van der Waals surface area contributed by atoms with E-state index in [1.807, 2.05) is 50.4 Å². The van der Waals surface area contributed by atoms with E-state index in [0.29, 0.717) is 13.0 Å². The van der Waals surface area contributed by atoms with Crippen molar-refractivity contribution in [2.75, 3.05) is 12.3 Å². The zero-order valence-electron chi connectivity index (χ0n) is 12.2. The minimum atomic E-state index is -3.27. The van der Waals surface area contributed by atoms with Gasteiger partial charge < -0.3 is 0 Å². The lowest BCUT2D eigenvalue weighted by Gasteiger charge is -2.12. The summed E-state index contributed by atoms with van der Waals surface area (Å²) < 4.78 is 26.8. The quantitative estimate of drug-likeness (QED) is 0.852. The van der Waals surface area contributed by atoms with Gasteiger partial charge in [0.1, 0.15) is 0 Å². The van der Waals surface area contributed by atoms with Crippen LogP contribution < -0.4 is 4.72 Å². The predicted molar refractivity (Wildman–Crippen MR) is 87.2 cm³/mol. The number of sulfonamides is 1. The van der Waals surface area contributed by atoms with Crippen LogP contribution in [0.25, 0.3) is 0 Å². The van der Waals surface area contributed by atoms with E-state index in [9.17, 15) is 8.42 Å². The van der Waals surface area contributed by atoms with Gasteiger partial charge in [-0.05, 0) is 18.4 Å². The highest BCUT2D eigenvalue weighted by molar-refractivity contribution is 7.89. The van der Waals surface area contributed by atoms with Gasteiger partial charge in [0.15, 0.2) is 0 Å². The molecule has 0 aliphatic rings. The molecule has 6 heteroatoms. The fraction of sp³-hybridized carbons (Fsp3) is 0.400. The molecule has 0 bridgehead atoms. The van der Waals surface area contributed by atoms with Crippen molar-refractivity contribution in [2.24, 2.45) is 0 Å². The molecule has 1 heterocycles. The van der Waals surface area contributed by atoms with Crippen molar-refractivity contribution in [2.45, 2.75) is 26.2 Å². The number of benzene rings is 1. The second-order valence-electron chi connectivity index (χ2n) is 5.10. The Morgan fingerprint density at radius 3 is 2.62 bits per heavy atom. The van der Waals surface area contributed by atoms with Crippen LogP contribution in [0.3, 0.4) is 0 Å². The van der Waals surface area contributed by atoms with Gasteiger partial charge in [-0.2, -0.15) is 0 Å². The number of nitrogens with one attached hydrogen (secondary N) is 1. The summed E-state index contributed by atoms with van der Waals surface area (Å²) >= 11 is 1.60. The van der Waals surface area contributed by atoms with E-state index in [1.165, 1.54) is 0 Å². The molecular formula is C15H20N2O2S2. The van der Waals surface area contributed by atoms with Gasteiger partial charge in [-0.3, -0.25) is 0 Å². The Morgan fingerprint density at radius 2 is 2.00 bits per heavy atom. The van der Waals surface area contributed by atoms with Crippen LogP contribution in [0, 0.1) is 6.92 Å². The highest BCUT2D eigenvalue weighted by atomic mass is 32.2. The average molecular weight is 324 g/mol. The van der Waals surface area contributed by atoms with Gasteiger partial charge in [0.2, 0.25) is 10.0 Å². The third-order valence-electron chi connectivity index (χ3n) is 3.17. The maximum Gasteiger partial charge on any atom is 0.212 e. The largest absolute Gasteiger partial charge is 0.249 e. The van der Waals surface area contributed by atoms with Crippen molar-refractivity contribution < 1.29 is 8.42 Å². The minimum absolute atomic E-state index is 0.0224. The van der Waals surface area contributed by atoms with Crippen molar-refractivity contribution in [1.29, 1.82) is 0 Å². The Hall–Kier alpha value is -1.24. The molecule has 0 radical (unpaired) electrons. The van der Waals surface area contributed by atoms with Crippen LogP contribution in [0.1, 0.15) is 28.3 Å². The molecule has 2 aromatic rings. The molecule has 0 amide bonds. The Kier molecular flexibility index (Phi) is 5.50. The molecule has 4 nitrogen and oxygen atoms in total. The Bertz CT molecular complexity index is 666. The van der Waals surface area contributed by atoms with Gasteiger partial charge in [-0.15, -0.1) is 11.3 Å². The fourth-order valence-electron chi connectivity index (χ4n) is 2.10. The topological polar surface area (TPSA) is 59.1 Å². The standard InChI is InChI=1S/C15H20N2O2S2/c1-12(14-6-4-3-5-7-14)11-21(18,19)17-9-8-15-16-10-13(2)20-15/h3-7,10,12,17H,8-9,11H2,1-2H3/t12-/m1/s1. The second-order valence-corrected chi connectivity index (χ2v) is 8.27. The number of aromatic nitrogens is 1. The number of aryl methyl sites for hydroxylation is 1. The molecule has 21 heavy (non-hydrogen) atoms. The van der Waals surface area contributed by atoms with Gasteiger partial charge in [-0.1, -0.05) is 37.3 Å². The van der Waals surface area contributed by atoms with Crippen molar-refractivity contribution in [3.8, 4) is 0 Å². The van der Waals surface area contributed by atoms with Gasteiger partial charge in [0.05, 0.1) is 10.8 Å². The summed E-state index contributed by atoms with van der Waals surface area (Å²) in [6, 6.07) is 9.70. The normalized spacial score (nSPS) is 13.2. The van der Waals surface area contributed by atoms with E-state index in [-0.39, 0.29) is 11.7 Å². The summed E-state index contributed by atoms with van der Waals surface area (Å²) in [5.74, 6) is 0.0827. The van der Waals surface area contributed by atoms with E-state index in [1.54, 1.807) is 11.3 Å². The first-order valence-corrected chi connectivity index (χ1v) is 9.37. The lowest BCUT2D eigenvalue weighted by atomic mass is 10.0. The average Bonchev–Trinajstić information content (AvgIpc) is 2.84. The minimum Gasteiger partial charge on any atom is -0.249 e. The van der Waals surface area contributed by atoms with Gasteiger partial charge in [0, 0.05) is 24.0 Å². The summed E-state index contributed by atoms with van der Waals surface area (Å²) in [5, 5.41) is 0.964. The van der Waals surface area contributed by atoms with E-state index in [4.69, 9.17) is 0 Å². The summed E-state index contributed by atoms with van der Waals surface area (Å²) in [6.45, 7) is 4.32. The zero-order valence-corrected chi connectivity index (χ0v) is 13.9. The summed E-state index contributed by atoms with van der Waals surface area (Å²) in [4.78, 5) is 5.37. The van der Waals surface area contributed by atoms with Crippen LogP contribution in [0.2, 0.25) is 0 Å². The third-order valence-corrected chi connectivity index (χ3v) is 5.72. The first kappa shape index (κ1) is 16.1. The van der Waals surface area contributed by atoms with Crippen LogP contribution in [0.15, 0.2) is 36.5 Å². The van der Waals surface area contributed by atoms with Crippen LogP contribution in [-0.2, 0) is 16.4 Å². The monoisotopic (exact) mass is 324 g/mol. The van der Waals surface area contributed by atoms with Crippen LogP contribution in [0.4, 0.5) is 0 Å². The molecule has 0 aliphatic heterocycles. The molecule has 1 aromatic heterocycles. The molecule has 0 spiro atoms. The number of thiazole rings is 1. The van der Waals surface area contributed by atoms with Crippen LogP contribution >= 0.6 is 11.3 Å². The van der Waals surface area contributed by atoms with E-state index >= 15 is 0 Å². The number of rotatable bonds is 7. The third kappa shape index (κ3) is 5.22. The molecular weight excluding hydrogens is 304 g/mol. The number of hydrogen-bond acceptors (Lipinski definition) is 4. The van der Waals surface area contributed by atoms with Gasteiger partial charge in [-0.25, -0.2) is 18.1 Å². The number of nitrogens with zero attached hydrogens (tertiary/aromatic N) is 1. The first-order chi connectivity index (χ1) is 9.96.